The molecule has 190 valence electrons. The third-order valence-electron chi connectivity index (χ3n) is 5.25. The van der Waals surface area contributed by atoms with Crippen LogP contribution in [0.4, 0.5) is 11.4 Å². The maximum Gasteiger partial charge on any atom is 0.235 e. The van der Waals surface area contributed by atoms with Crippen LogP contribution in [0.5, 0.6) is 17.2 Å². The summed E-state index contributed by atoms with van der Waals surface area (Å²) >= 11 is 13.5. The SMILES string of the molecule is COc1ccc(NCC(=O)C(Cc2cc(Br)c(OC)c(Br)c2)C(=O)Nc2cc(Br)c(O)c(Br)c2)cc1. The van der Waals surface area contributed by atoms with Crippen LogP contribution >= 0.6 is 63.7 Å². The Hall–Kier alpha value is -2.08. The first-order valence-corrected chi connectivity index (χ1v) is 13.7. The average molecular weight is 750 g/mol. The van der Waals surface area contributed by atoms with Crippen LogP contribution in [0.15, 0.2) is 66.4 Å². The number of ketones is 1. The van der Waals surface area contributed by atoms with E-state index in [9.17, 15) is 14.7 Å². The van der Waals surface area contributed by atoms with E-state index in [2.05, 4.69) is 74.4 Å². The molecule has 3 N–H and O–H groups in total. The molecule has 0 heterocycles. The summed E-state index contributed by atoms with van der Waals surface area (Å²) in [6, 6.07) is 13.9. The van der Waals surface area contributed by atoms with Gasteiger partial charge in [-0.2, -0.15) is 0 Å². The van der Waals surface area contributed by atoms with Crippen molar-refractivity contribution in [2.75, 3.05) is 31.4 Å². The predicted molar refractivity (Wildman–Crippen MR) is 154 cm³/mol. The molecule has 3 aromatic rings. The minimum absolute atomic E-state index is 0.0113. The van der Waals surface area contributed by atoms with Crippen molar-refractivity contribution in [1.82, 2.24) is 0 Å². The zero-order valence-corrected chi connectivity index (χ0v) is 25.5. The first-order chi connectivity index (χ1) is 17.1. The highest BCUT2D eigenvalue weighted by Crippen LogP contribution is 2.36. The van der Waals surface area contributed by atoms with E-state index in [0.717, 1.165) is 11.3 Å². The van der Waals surface area contributed by atoms with E-state index < -0.39 is 11.8 Å². The molecular weight excluding hydrogens is 728 g/mol. The summed E-state index contributed by atoms with van der Waals surface area (Å²) in [5.74, 6) is -0.420. The molecule has 0 saturated heterocycles. The van der Waals surface area contributed by atoms with Gasteiger partial charge in [-0.15, -0.1) is 0 Å². The molecule has 0 spiro atoms. The van der Waals surface area contributed by atoms with Gasteiger partial charge in [-0.25, -0.2) is 0 Å². The second kappa shape index (κ2) is 12.9. The summed E-state index contributed by atoms with van der Waals surface area (Å²) in [6.07, 6.45) is 0.163. The molecule has 0 aliphatic heterocycles. The molecule has 1 amide bonds. The van der Waals surface area contributed by atoms with Crippen molar-refractivity contribution >= 4 is 86.8 Å². The van der Waals surface area contributed by atoms with Gasteiger partial charge in [0.05, 0.1) is 38.7 Å². The Morgan fingerprint density at radius 2 is 1.44 bits per heavy atom. The van der Waals surface area contributed by atoms with E-state index in [4.69, 9.17) is 9.47 Å². The van der Waals surface area contributed by atoms with Gasteiger partial charge in [0.1, 0.15) is 23.2 Å². The van der Waals surface area contributed by atoms with Crippen LogP contribution in [-0.4, -0.2) is 37.6 Å². The molecule has 3 rings (SSSR count). The summed E-state index contributed by atoms with van der Waals surface area (Å²) in [5.41, 5.74) is 1.92. The number of ether oxygens (including phenoxy) is 2. The number of hydrogen-bond donors (Lipinski definition) is 3. The van der Waals surface area contributed by atoms with Gasteiger partial charge in [0, 0.05) is 11.4 Å². The van der Waals surface area contributed by atoms with Crippen molar-refractivity contribution in [3.63, 3.8) is 0 Å². The minimum Gasteiger partial charge on any atom is -0.506 e. The predicted octanol–water partition coefficient (Wildman–Crippen LogP) is 6.94. The third kappa shape index (κ3) is 7.24. The summed E-state index contributed by atoms with van der Waals surface area (Å²) in [6.45, 7) is -0.0497. The maximum atomic E-state index is 13.3. The van der Waals surface area contributed by atoms with Crippen LogP contribution in [0.25, 0.3) is 0 Å². The Bertz CT molecular complexity index is 1220. The first kappa shape index (κ1) is 28.5. The van der Waals surface area contributed by atoms with E-state index in [1.165, 1.54) is 0 Å². The number of phenolic OH excluding ortho intramolecular Hbond substituents is 1. The molecule has 0 saturated carbocycles. The lowest BCUT2D eigenvalue weighted by Crippen LogP contribution is -2.35. The summed E-state index contributed by atoms with van der Waals surface area (Å²) in [4.78, 5) is 26.6. The van der Waals surface area contributed by atoms with Gasteiger partial charge in [0.15, 0.2) is 5.78 Å². The second-order valence-electron chi connectivity index (χ2n) is 7.68. The lowest BCUT2D eigenvalue weighted by Gasteiger charge is -2.18. The third-order valence-corrected chi connectivity index (χ3v) is 7.64. The number of benzene rings is 3. The highest BCUT2D eigenvalue weighted by molar-refractivity contribution is 9.11. The molecule has 11 heteroatoms. The number of amides is 1. The van der Waals surface area contributed by atoms with Crippen LogP contribution in [-0.2, 0) is 16.0 Å². The van der Waals surface area contributed by atoms with Gasteiger partial charge in [-0.3, -0.25) is 9.59 Å². The average Bonchev–Trinajstić information content (AvgIpc) is 2.84. The number of carbonyl (C=O) groups is 2. The van der Waals surface area contributed by atoms with E-state index in [1.54, 1.807) is 50.6 Å². The Morgan fingerprint density at radius 1 is 0.861 bits per heavy atom. The fourth-order valence-electron chi connectivity index (χ4n) is 3.40. The number of phenols is 1. The van der Waals surface area contributed by atoms with Crippen molar-refractivity contribution in [3.05, 3.63) is 72.0 Å². The van der Waals surface area contributed by atoms with Gasteiger partial charge < -0.3 is 25.2 Å². The van der Waals surface area contributed by atoms with Crippen molar-refractivity contribution in [3.8, 4) is 17.2 Å². The normalized spacial score (nSPS) is 11.5. The number of nitrogens with one attached hydrogen (secondary N) is 2. The van der Waals surface area contributed by atoms with Crippen LogP contribution in [0, 0.1) is 5.92 Å². The van der Waals surface area contributed by atoms with Gasteiger partial charge in [0.2, 0.25) is 5.91 Å². The summed E-state index contributed by atoms with van der Waals surface area (Å²) < 4.78 is 12.7. The van der Waals surface area contributed by atoms with E-state index in [1.807, 2.05) is 12.1 Å². The fraction of sp³-hybridized carbons (Fsp3) is 0.200. The molecule has 7 nitrogen and oxygen atoms in total. The topological polar surface area (TPSA) is 96.9 Å². The second-order valence-corrected chi connectivity index (χ2v) is 11.1. The molecule has 1 atom stereocenters. The summed E-state index contributed by atoms with van der Waals surface area (Å²) in [7, 11) is 3.14. The zero-order valence-electron chi connectivity index (χ0n) is 19.2. The molecular formula is C25H22Br4N2O5. The number of Topliss-reactive ketones (excluding diaryl/α,β-unsaturated/α-hetero) is 1. The largest absolute Gasteiger partial charge is 0.506 e. The van der Waals surface area contributed by atoms with Crippen molar-refractivity contribution < 1.29 is 24.2 Å². The Balaban J connectivity index is 1.84. The smallest absolute Gasteiger partial charge is 0.235 e. The maximum absolute atomic E-state index is 13.3. The van der Waals surface area contributed by atoms with Crippen molar-refractivity contribution in [2.45, 2.75) is 6.42 Å². The Kier molecular flexibility index (Phi) is 10.2. The Labute approximate surface area is 242 Å². The molecule has 0 fully saturated rings. The van der Waals surface area contributed by atoms with Gasteiger partial charge in [0.25, 0.3) is 0 Å². The van der Waals surface area contributed by atoms with Crippen molar-refractivity contribution in [2.24, 2.45) is 5.92 Å². The van der Waals surface area contributed by atoms with Crippen LogP contribution in [0.1, 0.15) is 5.56 Å². The van der Waals surface area contributed by atoms with Crippen molar-refractivity contribution in [1.29, 1.82) is 0 Å². The molecule has 36 heavy (non-hydrogen) atoms. The molecule has 0 aliphatic carbocycles. The van der Waals surface area contributed by atoms with Gasteiger partial charge in [-0.05, 0) is 124 Å². The molecule has 0 radical (unpaired) electrons. The van der Waals surface area contributed by atoms with E-state index >= 15 is 0 Å². The molecule has 3 aromatic carbocycles. The van der Waals surface area contributed by atoms with Crippen LogP contribution in [0.2, 0.25) is 0 Å². The Morgan fingerprint density at radius 3 is 1.97 bits per heavy atom. The number of halogens is 4. The quantitative estimate of drug-likeness (QED) is 0.154. The lowest BCUT2D eigenvalue weighted by molar-refractivity contribution is -0.130. The lowest BCUT2D eigenvalue weighted by atomic mass is 9.93. The molecule has 0 aliphatic rings. The number of anilines is 2. The number of rotatable bonds is 10. The standard InChI is InChI=1S/C25H22Br4N2O5/c1-35-16-5-3-14(4-6-16)30-12-22(32)17(7-13-8-20(28)24(36-2)21(29)9-13)25(34)31-15-10-18(26)23(33)19(27)11-15/h3-6,8-11,17,30,33H,7,12H2,1-2H3,(H,31,34). The monoisotopic (exact) mass is 746 g/mol. The van der Waals surface area contributed by atoms with Crippen LogP contribution < -0.4 is 20.1 Å². The van der Waals surface area contributed by atoms with Gasteiger partial charge in [-0.1, -0.05) is 0 Å². The molecule has 0 aromatic heterocycles. The van der Waals surface area contributed by atoms with E-state index in [-0.39, 0.29) is 24.5 Å². The number of methoxy groups -OCH3 is 2. The zero-order chi connectivity index (χ0) is 26.4. The first-order valence-electron chi connectivity index (χ1n) is 10.5. The van der Waals surface area contributed by atoms with Gasteiger partial charge >= 0.3 is 0 Å². The molecule has 1 unspecified atom stereocenters. The minimum atomic E-state index is -0.991. The molecule has 0 bridgehead atoms. The number of aromatic hydroxyl groups is 1. The van der Waals surface area contributed by atoms with Crippen LogP contribution in [0.3, 0.4) is 0 Å². The number of carbonyl (C=O) groups excluding carboxylic acids is 2. The number of hydrogen-bond acceptors (Lipinski definition) is 6. The van der Waals surface area contributed by atoms with E-state index in [0.29, 0.717) is 35.1 Å². The fourth-order valence-corrected chi connectivity index (χ4v) is 6.19. The highest BCUT2D eigenvalue weighted by Gasteiger charge is 2.28. The highest BCUT2D eigenvalue weighted by atomic mass is 79.9. The summed E-state index contributed by atoms with van der Waals surface area (Å²) in [5, 5.41) is 15.8.